The molecule has 2 atom stereocenters. The fourth-order valence-corrected chi connectivity index (χ4v) is 3.86. The maximum atomic E-state index is 6.10. The van der Waals surface area contributed by atoms with Gasteiger partial charge in [0, 0.05) is 19.1 Å². The van der Waals surface area contributed by atoms with Crippen molar-refractivity contribution in [3.8, 4) is 0 Å². The number of hydrogen-bond donors (Lipinski definition) is 1. The Morgan fingerprint density at radius 2 is 1.70 bits per heavy atom. The fraction of sp³-hybridized carbons (Fsp3) is 1.00. The summed E-state index contributed by atoms with van der Waals surface area (Å²) < 4.78 is 0. The van der Waals surface area contributed by atoms with Crippen molar-refractivity contribution in [3.05, 3.63) is 0 Å². The third-order valence-electron chi connectivity index (χ3n) is 5.64. The first-order valence-corrected chi connectivity index (χ1v) is 8.69. The second kappa shape index (κ2) is 7.79. The molecule has 0 saturated heterocycles. The molecule has 1 aliphatic carbocycles. The van der Waals surface area contributed by atoms with Crippen molar-refractivity contribution >= 4 is 0 Å². The lowest BCUT2D eigenvalue weighted by atomic mass is 9.68. The highest BCUT2D eigenvalue weighted by atomic mass is 15.1. The van der Waals surface area contributed by atoms with Crippen molar-refractivity contribution < 1.29 is 0 Å². The summed E-state index contributed by atoms with van der Waals surface area (Å²) in [4.78, 5) is 2.54. The summed E-state index contributed by atoms with van der Waals surface area (Å²) in [6.07, 6.45) is 6.78. The predicted octanol–water partition coefficient (Wildman–Crippen LogP) is 4.14. The molecule has 0 radical (unpaired) electrons. The van der Waals surface area contributed by atoms with Gasteiger partial charge in [0.2, 0.25) is 0 Å². The van der Waals surface area contributed by atoms with Crippen molar-refractivity contribution in [1.29, 1.82) is 0 Å². The average molecular weight is 283 g/mol. The highest BCUT2D eigenvalue weighted by Crippen LogP contribution is 2.41. The van der Waals surface area contributed by atoms with Gasteiger partial charge in [0.15, 0.2) is 0 Å². The van der Waals surface area contributed by atoms with Gasteiger partial charge in [0.25, 0.3) is 0 Å². The smallest absolute Gasteiger partial charge is 0.0243 e. The standard InChI is InChI=1S/C18H38N2/c1-7-14(2)13-20(6)17(12-19)15-8-10-16(11-9-15)18(3,4)5/h14-17H,7-13,19H2,1-6H3. The molecule has 0 amide bonds. The van der Waals surface area contributed by atoms with Crippen LogP contribution in [-0.4, -0.2) is 31.1 Å². The molecule has 1 saturated carbocycles. The zero-order valence-corrected chi connectivity index (χ0v) is 14.8. The van der Waals surface area contributed by atoms with E-state index in [0.717, 1.165) is 24.3 Å². The minimum Gasteiger partial charge on any atom is -0.329 e. The summed E-state index contributed by atoms with van der Waals surface area (Å²) in [5.41, 5.74) is 6.58. The van der Waals surface area contributed by atoms with Crippen molar-refractivity contribution in [3.63, 3.8) is 0 Å². The third kappa shape index (κ3) is 5.04. The maximum absolute atomic E-state index is 6.10. The highest BCUT2D eigenvalue weighted by molar-refractivity contribution is 4.87. The molecule has 1 aliphatic rings. The van der Waals surface area contributed by atoms with Crippen LogP contribution in [0.4, 0.5) is 0 Å². The van der Waals surface area contributed by atoms with E-state index >= 15 is 0 Å². The van der Waals surface area contributed by atoms with Crippen LogP contribution in [0.3, 0.4) is 0 Å². The van der Waals surface area contributed by atoms with E-state index in [1.54, 1.807) is 0 Å². The second-order valence-corrected chi connectivity index (χ2v) is 8.23. The van der Waals surface area contributed by atoms with Crippen molar-refractivity contribution in [2.45, 2.75) is 72.8 Å². The molecule has 1 fully saturated rings. The quantitative estimate of drug-likeness (QED) is 0.793. The van der Waals surface area contributed by atoms with E-state index in [0.29, 0.717) is 11.5 Å². The monoisotopic (exact) mass is 282 g/mol. The van der Waals surface area contributed by atoms with Gasteiger partial charge in [0.1, 0.15) is 0 Å². The molecule has 1 rings (SSSR count). The first kappa shape index (κ1) is 18.0. The van der Waals surface area contributed by atoms with Gasteiger partial charge in [-0.3, -0.25) is 0 Å². The largest absolute Gasteiger partial charge is 0.329 e. The summed E-state index contributed by atoms with van der Waals surface area (Å²) in [5, 5.41) is 0. The topological polar surface area (TPSA) is 29.3 Å². The van der Waals surface area contributed by atoms with Gasteiger partial charge in [-0.15, -0.1) is 0 Å². The van der Waals surface area contributed by atoms with Crippen molar-refractivity contribution in [2.75, 3.05) is 20.1 Å². The summed E-state index contributed by atoms with van der Waals surface area (Å²) in [7, 11) is 2.28. The van der Waals surface area contributed by atoms with E-state index in [9.17, 15) is 0 Å². The molecule has 0 bridgehead atoms. The van der Waals surface area contributed by atoms with Crippen LogP contribution >= 0.6 is 0 Å². The number of likely N-dealkylation sites (N-methyl/N-ethyl adjacent to an activating group) is 1. The van der Waals surface area contributed by atoms with Gasteiger partial charge in [-0.25, -0.2) is 0 Å². The van der Waals surface area contributed by atoms with Gasteiger partial charge in [0.05, 0.1) is 0 Å². The first-order valence-electron chi connectivity index (χ1n) is 8.69. The zero-order chi connectivity index (χ0) is 15.3. The Balaban J connectivity index is 2.52. The highest BCUT2D eigenvalue weighted by Gasteiger charge is 2.33. The SMILES string of the molecule is CCC(C)CN(C)C(CN)C1CCC(C(C)(C)C)CC1. The van der Waals surface area contributed by atoms with Crippen molar-refractivity contribution in [1.82, 2.24) is 4.90 Å². The van der Waals surface area contributed by atoms with Gasteiger partial charge >= 0.3 is 0 Å². The number of nitrogens with zero attached hydrogens (tertiary/aromatic N) is 1. The molecule has 0 aromatic carbocycles. The second-order valence-electron chi connectivity index (χ2n) is 8.23. The Labute approximate surface area is 127 Å². The van der Waals surface area contributed by atoms with Crippen LogP contribution in [0.5, 0.6) is 0 Å². The Morgan fingerprint density at radius 1 is 1.15 bits per heavy atom. The lowest BCUT2D eigenvalue weighted by Gasteiger charge is -2.42. The molecule has 2 unspecified atom stereocenters. The molecule has 0 spiro atoms. The molecule has 0 aliphatic heterocycles. The summed E-state index contributed by atoms with van der Waals surface area (Å²) in [6.45, 7) is 13.8. The van der Waals surface area contributed by atoms with Crippen LogP contribution in [0.15, 0.2) is 0 Å². The first-order chi connectivity index (χ1) is 9.29. The minimum atomic E-state index is 0.478. The third-order valence-corrected chi connectivity index (χ3v) is 5.64. The Morgan fingerprint density at radius 3 is 2.10 bits per heavy atom. The number of hydrogen-bond acceptors (Lipinski definition) is 2. The summed E-state index contributed by atoms with van der Waals surface area (Å²) in [5.74, 6) is 2.49. The normalized spacial score (nSPS) is 27.6. The Hall–Kier alpha value is -0.0800. The van der Waals surface area contributed by atoms with Crippen LogP contribution in [0.2, 0.25) is 0 Å². The van der Waals surface area contributed by atoms with Crippen molar-refractivity contribution in [2.24, 2.45) is 28.9 Å². The van der Waals surface area contributed by atoms with Crippen LogP contribution in [0.25, 0.3) is 0 Å². The van der Waals surface area contributed by atoms with Crippen LogP contribution in [0.1, 0.15) is 66.7 Å². The molecule has 2 N–H and O–H groups in total. The molecular formula is C18H38N2. The number of nitrogens with two attached hydrogens (primary N) is 1. The van der Waals surface area contributed by atoms with Gasteiger partial charge in [-0.05, 0) is 55.9 Å². The van der Waals surface area contributed by atoms with E-state index in [1.165, 1.54) is 38.6 Å². The molecule has 20 heavy (non-hydrogen) atoms. The summed E-state index contributed by atoms with van der Waals surface area (Å²) in [6, 6.07) is 0.588. The molecule has 0 aromatic rings. The van der Waals surface area contributed by atoms with Crippen LogP contribution < -0.4 is 5.73 Å². The van der Waals surface area contributed by atoms with Gasteiger partial charge in [-0.2, -0.15) is 0 Å². The average Bonchev–Trinajstić information content (AvgIpc) is 2.39. The van der Waals surface area contributed by atoms with E-state index in [4.69, 9.17) is 5.73 Å². The molecule has 120 valence electrons. The molecule has 0 heterocycles. The van der Waals surface area contributed by atoms with E-state index in [2.05, 4.69) is 46.6 Å². The summed E-state index contributed by atoms with van der Waals surface area (Å²) >= 11 is 0. The molecular weight excluding hydrogens is 244 g/mol. The molecule has 2 heteroatoms. The molecule has 0 aromatic heterocycles. The maximum Gasteiger partial charge on any atom is 0.0243 e. The lowest BCUT2D eigenvalue weighted by Crippen LogP contribution is -2.46. The minimum absolute atomic E-state index is 0.478. The van der Waals surface area contributed by atoms with Gasteiger partial charge < -0.3 is 10.6 Å². The van der Waals surface area contributed by atoms with E-state index < -0.39 is 0 Å². The zero-order valence-electron chi connectivity index (χ0n) is 14.8. The Bertz CT molecular complexity index is 261. The Kier molecular flexibility index (Phi) is 7.00. The van der Waals surface area contributed by atoms with E-state index in [-0.39, 0.29) is 0 Å². The fourth-order valence-electron chi connectivity index (χ4n) is 3.86. The van der Waals surface area contributed by atoms with Crippen LogP contribution in [0, 0.1) is 23.2 Å². The lowest BCUT2D eigenvalue weighted by molar-refractivity contribution is 0.0881. The molecule has 2 nitrogen and oxygen atoms in total. The van der Waals surface area contributed by atoms with Crippen LogP contribution in [-0.2, 0) is 0 Å². The van der Waals surface area contributed by atoms with E-state index in [1.807, 2.05) is 0 Å². The predicted molar refractivity (Wildman–Crippen MR) is 89.8 cm³/mol. The number of rotatable bonds is 6. The van der Waals surface area contributed by atoms with Gasteiger partial charge in [-0.1, -0.05) is 41.0 Å².